The third-order valence-electron chi connectivity index (χ3n) is 3.38. The second-order valence-corrected chi connectivity index (χ2v) is 5.19. The summed E-state index contributed by atoms with van der Waals surface area (Å²) < 4.78 is 0. The van der Waals surface area contributed by atoms with Crippen LogP contribution in [0.5, 0.6) is 0 Å². The lowest BCUT2D eigenvalue weighted by molar-refractivity contribution is 0.844. The van der Waals surface area contributed by atoms with Gasteiger partial charge in [-0.3, -0.25) is 0 Å². The van der Waals surface area contributed by atoms with Gasteiger partial charge in [-0.25, -0.2) is 9.97 Å². The lowest BCUT2D eigenvalue weighted by Crippen LogP contribution is -1.94. The molecule has 0 spiro atoms. The predicted octanol–water partition coefficient (Wildman–Crippen LogP) is 3.25. The first-order valence-corrected chi connectivity index (χ1v) is 7.22. The van der Waals surface area contributed by atoms with E-state index in [1.54, 1.807) is 0 Å². The molecule has 0 aliphatic rings. The van der Waals surface area contributed by atoms with Crippen LogP contribution in [0.15, 0.2) is 0 Å². The molecule has 0 atom stereocenters. The standard InChI is InChI=1S/C15H24N4/c1-5-7-14-16-10(3)12(18-14)9-13-11(4)17-15(19-13)8-6-2/h5-9H2,1-4H3,(H,16,18)(H,17,19). The molecule has 0 unspecified atom stereocenters. The van der Waals surface area contributed by atoms with Gasteiger partial charge in [0.25, 0.3) is 0 Å². The Hall–Kier alpha value is -1.58. The third-order valence-corrected chi connectivity index (χ3v) is 3.38. The van der Waals surface area contributed by atoms with Gasteiger partial charge in [0, 0.05) is 30.7 Å². The van der Waals surface area contributed by atoms with Crippen LogP contribution in [0.3, 0.4) is 0 Å². The Morgan fingerprint density at radius 2 is 1.21 bits per heavy atom. The fourth-order valence-electron chi connectivity index (χ4n) is 2.34. The van der Waals surface area contributed by atoms with Crippen LogP contribution in [0.4, 0.5) is 0 Å². The summed E-state index contributed by atoms with van der Waals surface area (Å²) in [4.78, 5) is 16.1. The summed E-state index contributed by atoms with van der Waals surface area (Å²) in [7, 11) is 0. The van der Waals surface area contributed by atoms with Crippen molar-refractivity contribution in [2.24, 2.45) is 0 Å². The van der Waals surface area contributed by atoms with Gasteiger partial charge in [-0.1, -0.05) is 13.8 Å². The fourth-order valence-corrected chi connectivity index (χ4v) is 2.34. The van der Waals surface area contributed by atoms with E-state index in [0.29, 0.717) is 0 Å². The molecule has 19 heavy (non-hydrogen) atoms. The van der Waals surface area contributed by atoms with Gasteiger partial charge in [-0.2, -0.15) is 0 Å². The summed E-state index contributed by atoms with van der Waals surface area (Å²) in [6.07, 6.45) is 5.09. The van der Waals surface area contributed by atoms with Gasteiger partial charge in [0.2, 0.25) is 0 Å². The molecule has 2 N–H and O–H groups in total. The quantitative estimate of drug-likeness (QED) is 0.837. The van der Waals surface area contributed by atoms with Crippen molar-refractivity contribution in [1.29, 1.82) is 0 Å². The zero-order valence-corrected chi connectivity index (χ0v) is 12.4. The molecular formula is C15H24N4. The van der Waals surface area contributed by atoms with Crippen LogP contribution in [-0.4, -0.2) is 19.9 Å². The Bertz CT molecular complexity index is 488. The van der Waals surface area contributed by atoms with Crippen molar-refractivity contribution in [3.05, 3.63) is 34.4 Å². The Morgan fingerprint density at radius 3 is 1.58 bits per heavy atom. The lowest BCUT2D eigenvalue weighted by Gasteiger charge is -1.96. The first-order chi connectivity index (χ1) is 9.13. The van der Waals surface area contributed by atoms with E-state index >= 15 is 0 Å². The monoisotopic (exact) mass is 260 g/mol. The average molecular weight is 260 g/mol. The topological polar surface area (TPSA) is 57.4 Å². The summed E-state index contributed by atoms with van der Waals surface area (Å²) in [6.45, 7) is 8.53. The number of nitrogens with one attached hydrogen (secondary N) is 2. The Labute approximate surface area is 115 Å². The largest absolute Gasteiger partial charge is 0.346 e. The van der Waals surface area contributed by atoms with Crippen molar-refractivity contribution in [3.63, 3.8) is 0 Å². The average Bonchev–Trinajstić information content (AvgIpc) is 2.86. The molecule has 0 radical (unpaired) electrons. The van der Waals surface area contributed by atoms with Crippen LogP contribution in [0.1, 0.15) is 61.1 Å². The van der Waals surface area contributed by atoms with Gasteiger partial charge in [0.15, 0.2) is 0 Å². The molecule has 104 valence electrons. The van der Waals surface area contributed by atoms with Crippen molar-refractivity contribution >= 4 is 0 Å². The third kappa shape index (κ3) is 3.25. The van der Waals surface area contributed by atoms with E-state index in [2.05, 4.69) is 47.6 Å². The van der Waals surface area contributed by atoms with Gasteiger partial charge in [0.1, 0.15) is 11.6 Å². The second kappa shape index (κ2) is 6.04. The van der Waals surface area contributed by atoms with Crippen LogP contribution >= 0.6 is 0 Å². The minimum atomic E-state index is 0.818. The number of aromatic amines is 2. The molecule has 0 aromatic carbocycles. The number of aryl methyl sites for hydroxylation is 4. The van der Waals surface area contributed by atoms with Crippen molar-refractivity contribution < 1.29 is 0 Å². The van der Waals surface area contributed by atoms with Crippen LogP contribution in [0.25, 0.3) is 0 Å². The zero-order valence-electron chi connectivity index (χ0n) is 12.4. The van der Waals surface area contributed by atoms with E-state index < -0.39 is 0 Å². The number of H-pyrrole nitrogens is 2. The number of hydrogen-bond donors (Lipinski definition) is 2. The molecule has 0 saturated heterocycles. The van der Waals surface area contributed by atoms with E-state index in [9.17, 15) is 0 Å². The number of aromatic nitrogens is 4. The van der Waals surface area contributed by atoms with Crippen molar-refractivity contribution in [2.45, 2.75) is 59.8 Å². The number of hydrogen-bond acceptors (Lipinski definition) is 2. The zero-order chi connectivity index (χ0) is 13.8. The van der Waals surface area contributed by atoms with Gasteiger partial charge in [-0.15, -0.1) is 0 Å². The minimum Gasteiger partial charge on any atom is -0.346 e. The molecule has 2 heterocycles. The smallest absolute Gasteiger partial charge is 0.106 e. The lowest BCUT2D eigenvalue weighted by atomic mass is 10.2. The van der Waals surface area contributed by atoms with Gasteiger partial charge in [-0.05, 0) is 26.7 Å². The molecule has 4 nitrogen and oxygen atoms in total. The summed E-state index contributed by atoms with van der Waals surface area (Å²) in [5.41, 5.74) is 4.59. The van der Waals surface area contributed by atoms with E-state index in [1.165, 1.54) is 11.4 Å². The van der Waals surface area contributed by atoms with Crippen LogP contribution in [0, 0.1) is 13.8 Å². The van der Waals surface area contributed by atoms with Crippen molar-refractivity contribution in [1.82, 2.24) is 19.9 Å². The molecule has 2 rings (SSSR count). The first-order valence-electron chi connectivity index (χ1n) is 7.22. The Kier molecular flexibility index (Phi) is 4.40. The number of imidazole rings is 2. The molecule has 0 aliphatic heterocycles. The maximum absolute atomic E-state index is 4.68. The molecule has 0 bridgehead atoms. The molecule has 0 saturated carbocycles. The highest BCUT2D eigenvalue weighted by molar-refractivity contribution is 5.24. The molecule has 2 aromatic heterocycles. The van der Waals surface area contributed by atoms with Gasteiger partial charge >= 0.3 is 0 Å². The van der Waals surface area contributed by atoms with Crippen LogP contribution in [-0.2, 0) is 19.3 Å². The maximum Gasteiger partial charge on any atom is 0.106 e. The summed E-state index contributed by atoms with van der Waals surface area (Å²) in [5.74, 6) is 2.19. The molecular weight excluding hydrogens is 236 g/mol. The Balaban J connectivity index is 2.16. The predicted molar refractivity (Wildman–Crippen MR) is 77.4 cm³/mol. The Morgan fingerprint density at radius 1 is 0.789 bits per heavy atom. The molecule has 4 heteroatoms. The highest BCUT2D eigenvalue weighted by Gasteiger charge is 2.12. The van der Waals surface area contributed by atoms with Crippen molar-refractivity contribution in [2.75, 3.05) is 0 Å². The second-order valence-electron chi connectivity index (χ2n) is 5.19. The first kappa shape index (κ1) is 13.8. The summed E-state index contributed by atoms with van der Waals surface area (Å²) in [5, 5.41) is 0. The molecule has 0 aliphatic carbocycles. The van der Waals surface area contributed by atoms with Gasteiger partial charge in [0.05, 0.1) is 11.4 Å². The number of nitrogens with zero attached hydrogens (tertiary/aromatic N) is 2. The van der Waals surface area contributed by atoms with Crippen LogP contribution < -0.4 is 0 Å². The van der Waals surface area contributed by atoms with E-state index in [0.717, 1.165) is 55.1 Å². The summed E-state index contributed by atoms with van der Waals surface area (Å²) in [6, 6.07) is 0. The normalized spacial score (nSPS) is 11.2. The molecule has 2 aromatic rings. The van der Waals surface area contributed by atoms with E-state index in [4.69, 9.17) is 0 Å². The highest BCUT2D eigenvalue weighted by atomic mass is 15.0. The fraction of sp³-hybridized carbons (Fsp3) is 0.600. The highest BCUT2D eigenvalue weighted by Crippen LogP contribution is 2.15. The maximum atomic E-state index is 4.68. The van der Waals surface area contributed by atoms with E-state index in [-0.39, 0.29) is 0 Å². The SMILES string of the molecule is CCCc1nc(Cc2nc(CCC)[nH]c2C)c(C)[nH]1. The minimum absolute atomic E-state index is 0.818. The molecule has 0 fully saturated rings. The molecule has 0 amide bonds. The number of rotatable bonds is 6. The summed E-state index contributed by atoms with van der Waals surface area (Å²) >= 11 is 0. The van der Waals surface area contributed by atoms with Crippen molar-refractivity contribution in [3.8, 4) is 0 Å². The van der Waals surface area contributed by atoms with Crippen LogP contribution in [0.2, 0.25) is 0 Å². The van der Waals surface area contributed by atoms with E-state index in [1.807, 2.05) is 0 Å². The van der Waals surface area contributed by atoms with Gasteiger partial charge < -0.3 is 9.97 Å².